The average molecular weight is 478 g/mol. The highest BCUT2D eigenvalue weighted by molar-refractivity contribution is 6.33. The fourth-order valence-electron chi connectivity index (χ4n) is 4.38. The number of carbonyl (C=O) groups is 2. The highest BCUT2D eigenvalue weighted by Crippen LogP contribution is 2.40. The van der Waals surface area contributed by atoms with Crippen LogP contribution in [-0.2, 0) is 37.8 Å². The Morgan fingerprint density at radius 1 is 0.971 bits per heavy atom. The van der Waals surface area contributed by atoms with E-state index in [1.807, 2.05) is 42.5 Å². The number of halogens is 1. The zero-order valence-electron chi connectivity index (χ0n) is 18.5. The first kappa shape index (κ1) is 22.4. The zero-order valence-corrected chi connectivity index (χ0v) is 19.2. The van der Waals surface area contributed by atoms with Gasteiger partial charge < -0.3 is 20.1 Å². The van der Waals surface area contributed by atoms with E-state index < -0.39 is 17.7 Å². The second-order valence-corrected chi connectivity index (χ2v) is 8.75. The van der Waals surface area contributed by atoms with Gasteiger partial charge in [-0.05, 0) is 48.4 Å². The van der Waals surface area contributed by atoms with E-state index in [4.69, 9.17) is 21.1 Å². The van der Waals surface area contributed by atoms with Crippen LogP contribution >= 0.6 is 11.6 Å². The molecule has 3 aromatic rings. The van der Waals surface area contributed by atoms with E-state index in [9.17, 15) is 9.59 Å². The normalized spacial score (nSPS) is 17.2. The third-order valence-electron chi connectivity index (χ3n) is 6.06. The van der Waals surface area contributed by atoms with Gasteiger partial charge in [0.25, 0.3) is 5.79 Å². The van der Waals surface area contributed by atoms with E-state index in [1.54, 1.807) is 18.3 Å². The first-order valence-electron chi connectivity index (χ1n) is 11.2. The minimum Gasteiger partial charge on any atom is -0.416 e. The maximum absolute atomic E-state index is 12.3. The molecule has 2 N–H and O–H groups in total. The molecule has 34 heavy (non-hydrogen) atoms. The molecule has 0 radical (unpaired) electrons. The van der Waals surface area contributed by atoms with Crippen LogP contribution < -0.4 is 10.6 Å². The number of nitrogens with one attached hydrogen (secondary N) is 2. The Morgan fingerprint density at radius 2 is 1.74 bits per heavy atom. The van der Waals surface area contributed by atoms with Gasteiger partial charge in [0.05, 0.1) is 35.8 Å². The molecule has 0 atom stereocenters. The van der Waals surface area contributed by atoms with E-state index in [0.717, 1.165) is 28.1 Å². The standard InChI is InChI=1S/C26H24ClN3O4/c27-21-9-8-20-19(12-14-28-16-26(20)33-23(31)10-11-24(32)34-26)25(21)30-15-17-4-6-18(7-5-17)22-3-1-2-13-29-22/h1-9,13,28,30H,10-12,14-16H2. The fraction of sp³-hybridized carbons (Fsp3) is 0.269. The lowest BCUT2D eigenvalue weighted by Gasteiger charge is -2.32. The predicted octanol–water partition coefficient (Wildman–Crippen LogP) is 4.19. The lowest BCUT2D eigenvalue weighted by Crippen LogP contribution is -2.43. The zero-order chi connectivity index (χ0) is 23.5. The summed E-state index contributed by atoms with van der Waals surface area (Å²) in [7, 11) is 0. The van der Waals surface area contributed by atoms with Gasteiger partial charge in [0.15, 0.2) is 0 Å². The topological polar surface area (TPSA) is 89.6 Å². The van der Waals surface area contributed by atoms with Crippen molar-refractivity contribution in [2.75, 3.05) is 18.4 Å². The van der Waals surface area contributed by atoms with E-state index in [-0.39, 0.29) is 19.4 Å². The minimum atomic E-state index is -1.50. The fourth-order valence-corrected chi connectivity index (χ4v) is 4.63. The van der Waals surface area contributed by atoms with Crippen LogP contribution in [0.5, 0.6) is 0 Å². The van der Waals surface area contributed by atoms with Gasteiger partial charge in [-0.15, -0.1) is 0 Å². The van der Waals surface area contributed by atoms with Crippen molar-refractivity contribution in [2.45, 2.75) is 31.6 Å². The maximum atomic E-state index is 12.3. The molecular weight excluding hydrogens is 454 g/mol. The smallest absolute Gasteiger partial charge is 0.309 e. The van der Waals surface area contributed by atoms with Crippen molar-refractivity contribution in [3.63, 3.8) is 0 Å². The molecule has 8 heteroatoms. The molecule has 3 heterocycles. The summed E-state index contributed by atoms with van der Waals surface area (Å²) in [6.07, 6.45) is 2.41. The third-order valence-corrected chi connectivity index (χ3v) is 6.37. The molecule has 2 aromatic carbocycles. The van der Waals surface area contributed by atoms with Gasteiger partial charge >= 0.3 is 11.9 Å². The van der Waals surface area contributed by atoms with Crippen molar-refractivity contribution in [2.24, 2.45) is 0 Å². The SMILES string of the molecule is O=C1CCC(=O)OC2(CNCCc3c2ccc(Cl)c3NCc2ccc(-c3ccccn3)cc2)O1. The Balaban J connectivity index is 1.43. The summed E-state index contributed by atoms with van der Waals surface area (Å²) in [5.74, 6) is -2.42. The van der Waals surface area contributed by atoms with Crippen LogP contribution in [0, 0.1) is 0 Å². The number of anilines is 1. The summed E-state index contributed by atoms with van der Waals surface area (Å²) >= 11 is 6.60. The summed E-state index contributed by atoms with van der Waals surface area (Å²) in [6.45, 7) is 1.35. The molecule has 1 fully saturated rings. The molecule has 1 aromatic heterocycles. The van der Waals surface area contributed by atoms with E-state index in [2.05, 4.69) is 15.6 Å². The van der Waals surface area contributed by atoms with E-state index >= 15 is 0 Å². The highest BCUT2D eigenvalue weighted by Gasteiger charge is 2.45. The van der Waals surface area contributed by atoms with Crippen LogP contribution in [-0.4, -0.2) is 30.0 Å². The van der Waals surface area contributed by atoms with E-state index in [1.165, 1.54) is 0 Å². The van der Waals surface area contributed by atoms with Crippen LogP contribution in [0.15, 0.2) is 60.8 Å². The Kier molecular flexibility index (Phi) is 6.22. The molecule has 1 saturated heterocycles. The van der Waals surface area contributed by atoms with Gasteiger partial charge in [0.2, 0.25) is 0 Å². The number of pyridine rings is 1. The molecule has 0 bridgehead atoms. The monoisotopic (exact) mass is 477 g/mol. The number of aromatic nitrogens is 1. The molecule has 174 valence electrons. The second kappa shape index (κ2) is 9.44. The maximum Gasteiger partial charge on any atom is 0.309 e. The lowest BCUT2D eigenvalue weighted by molar-refractivity contribution is -0.225. The number of nitrogens with zero attached hydrogens (tertiary/aromatic N) is 1. The first-order chi connectivity index (χ1) is 16.5. The van der Waals surface area contributed by atoms with Gasteiger partial charge in [0, 0.05) is 23.9 Å². The average Bonchev–Trinajstić information content (AvgIpc) is 3.11. The largest absolute Gasteiger partial charge is 0.416 e. The van der Waals surface area contributed by atoms with Crippen LogP contribution in [0.4, 0.5) is 5.69 Å². The number of esters is 2. The summed E-state index contributed by atoms with van der Waals surface area (Å²) in [4.78, 5) is 29.0. The lowest BCUT2D eigenvalue weighted by atomic mass is 9.96. The first-order valence-corrected chi connectivity index (χ1v) is 11.6. The molecule has 5 rings (SSSR count). The Labute approximate surface area is 202 Å². The Morgan fingerprint density at radius 3 is 2.44 bits per heavy atom. The number of fused-ring (bicyclic) bond motifs is 2. The molecule has 1 spiro atoms. The van der Waals surface area contributed by atoms with Crippen LogP contribution in [0.2, 0.25) is 5.02 Å². The summed E-state index contributed by atoms with van der Waals surface area (Å²) in [5.41, 5.74) is 5.28. The number of rotatable bonds is 4. The van der Waals surface area contributed by atoms with Gasteiger partial charge in [-0.3, -0.25) is 14.6 Å². The van der Waals surface area contributed by atoms with Crippen molar-refractivity contribution in [3.8, 4) is 11.3 Å². The molecule has 7 nitrogen and oxygen atoms in total. The molecule has 0 unspecified atom stereocenters. The summed E-state index contributed by atoms with van der Waals surface area (Å²) in [5, 5.41) is 7.23. The number of ether oxygens (including phenoxy) is 2. The molecule has 2 aliphatic rings. The Hall–Kier alpha value is -3.42. The van der Waals surface area contributed by atoms with Crippen molar-refractivity contribution in [1.29, 1.82) is 0 Å². The van der Waals surface area contributed by atoms with Crippen LogP contribution in [0.1, 0.15) is 29.5 Å². The van der Waals surface area contributed by atoms with Crippen LogP contribution in [0.25, 0.3) is 11.3 Å². The summed E-state index contributed by atoms with van der Waals surface area (Å²) in [6, 6.07) is 17.5. The minimum absolute atomic E-state index is 0.00309. The molecule has 2 aliphatic heterocycles. The van der Waals surface area contributed by atoms with Crippen molar-refractivity contribution >= 4 is 29.2 Å². The molecule has 0 amide bonds. The molecule has 0 saturated carbocycles. The number of benzene rings is 2. The quantitative estimate of drug-likeness (QED) is 0.544. The highest BCUT2D eigenvalue weighted by atomic mass is 35.5. The van der Waals surface area contributed by atoms with Gasteiger partial charge in [-0.25, -0.2) is 0 Å². The Bertz CT molecular complexity index is 1200. The third kappa shape index (κ3) is 4.49. The number of hydrogen-bond acceptors (Lipinski definition) is 7. The van der Waals surface area contributed by atoms with Crippen molar-refractivity contribution < 1.29 is 19.1 Å². The predicted molar refractivity (Wildman–Crippen MR) is 128 cm³/mol. The number of carbonyl (C=O) groups excluding carboxylic acids is 2. The van der Waals surface area contributed by atoms with Crippen LogP contribution in [0.3, 0.4) is 0 Å². The number of hydrogen-bond donors (Lipinski definition) is 2. The van der Waals surface area contributed by atoms with Crippen molar-refractivity contribution in [3.05, 3.63) is 82.5 Å². The van der Waals surface area contributed by atoms with E-state index in [0.29, 0.717) is 30.1 Å². The molecular formula is C26H24ClN3O4. The van der Waals surface area contributed by atoms with Gasteiger partial charge in [-0.1, -0.05) is 41.9 Å². The van der Waals surface area contributed by atoms with Gasteiger partial charge in [-0.2, -0.15) is 0 Å². The second-order valence-electron chi connectivity index (χ2n) is 8.34. The van der Waals surface area contributed by atoms with Crippen molar-refractivity contribution in [1.82, 2.24) is 10.3 Å². The van der Waals surface area contributed by atoms with Gasteiger partial charge in [0.1, 0.15) is 0 Å². The summed E-state index contributed by atoms with van der Waals surface area (Å²) < 4.78 is 11.4. The molecule has 0 aliphatic carbocycles.